The molecule has 1 aliphatic heterocycles. The van der Waals surface area contributed by atoms with Gasteiger partial charge in [0, 0.05) is 11.6 Å². The number of rotatable bonds is 4. The third kappa shape index (κ3) is 3.59. The van der Waals surface area contributed by atoms with Gasteiger partial charge in [0.15, 0.2) is 21.3 Å². The molecule has 1 fully saturated rings. The maximum Gasteiger partial charge on any atom is 0.224 e. The third-order valence-electron chi connectivity index (χ3n) is 4.75. The number of nitrogens with zero attached hydrogens (tertiary/aromatic N) is 4. The molecule has 8 nitrogen and oxygen atoms in total. The van der Waals surface area contributed by atoms with Gasteiger partial charge in [-0.2, -0.15) is 0 Å². The Morgan fingerprint density at radius 2 is 2.14 bits per heavy atom. The fourth-order valence-corrected chi connectivity index (χ4v) is 4.95. The third-order valence-corrected chi connectivity index (χ3v) is 6.51. The summed E-state index contributed by atoms with van der Waals surface area (Å²) < 4.78 is 38.5. The highest BCUT2D eigenvalue weighted by Gasteiger charge is 2.33. The molecule has 1 aliphatic rings. The highest BCUT2D eigenvalue weighted by Crippen LogP contribution is 2.22. The molecule has 0 radical (unpaired) electrons. The molecule has 3 aromatic rings. The Kier molecular flexibility index (Phi) is 4.58. The molecule has 1 saturated heterocycles. The van der Waals surface area contributed by atoms with Crippen molar-refractivity contribution in [2.75, 3.05) is 11.5 Å². The second-order valence-electron chi connectivity index (χ2n) is 6.86. The monoisotopic (exact) mass is 403 g/mol. The van der Waals surface area contributed by atoms with Crippen molar-refractivity contribution in [3.63, 3.8) is 0 Å². The number of aromatic nitrogens is 4. The first-order valence-electron chi connectivity index (χ1n) is 8.80. The van der Waals surface area contributed by atoms with E-state index in [9.17, 15) is 17.6 Å². The topological polar surface area (TPSA) is 106 Å². The van der Waals surface area contributed by atoms with E-state index in [1.807, 2.05) is 0 Å². The molecule has 2 atom stereocenters. The van der Waals surface area contributed by atoms with Crippen molar-refractivity contribution in [1.29, 1.82) is 0 Å². The number of nitrogens with one attached hydrogen (secondary N) is 1. The first-order valence-corrected chi connectivity index (χ1v) is 10.6. The molecule has 28 heavy (non-hydrogen) atoms. The van der Waals surface area contributed by atoms with Crippen molar-refractivity contribution in [3.8, 4) is 11.3 Å². The summed E-state index contributed by atoms with van der Waals surface area (Å²) in [5.41, 5.74) is 1.25. The maximum atomic E-state index is 14.0. The SMILES string of the molecule is C[C@H](NC(=O)C1CCS(=O)(=O)C1)c1nc2cc(-c3ccccc3F)ncn2n1. The summed E-state index contributed by atoms with van der Waals surface area (Å²) in [7, 11) is -3.13. The molecule has 0 spiro atoms. The largest absolute Gasteiger partial charge is 0.346 e. The molecule has 3 heterocycles. The van der Waals surface area contributed by atoms with Crippen molar-refractivity contribution >= 4 is 21.4 Å². The zero-order valence-electron chi connectivity index (χ0n) is 15.0. The Hall–Kier alpha value is -2.88. The van der Waals surface area contributed by atoms with Crippen molar-refractivity contribution in [2.45, 2.75) is 19.4 Å². The number of benzene rings is 1. The van der Waals surface area contributed by atoms with E-state index in [4.69, 9.17) is 0 Å². The lowest BCUT2D eigenvalue weighted by Crippen LogP contribution is -2.33. The minimum absolute atomic E-state index is 0.0383. The molecule has 1 amide bonds. The lowest BCUT2D eigenvalue weighted by molar-refractivity contribution is -0.124. The number of halogens is 1. The van der Waals surface area contributed by atoms with Crippen LogP contribution in [0.25, 0.3) is 16.9 Å². The molecule has 0 aliphatic carbocycles. The number of amides is 1. The standard InChI is InChI=1S/C18H18FN5O3S/c1-11(21-18(25)12-6-7-28(26,27)9-12)17-22-16-8-15(20-10-24(16)23-17)13-4-2-3-5-14(13)19/h2-5,8,10-12H,6-7,9H2,1H3,(H,21,25)/t11-,12?/m0/s1. The van der Waals surface area contributed by atoms with Gasteiger partial charge in [-0.3, -0.25) is 4.79 Å². The summed E-state index contributed by atoms with van der Waals surface area (Å²) in [5, 5.41) is 7.06. The van der Waals surface area contributed by atoms with Crippen LogP contribution in [0.5, 0.6) is 0 Å². The molecule has 0 saturated carbocycles. The van der Waals surface area contributed by atoms with Gasteiger partial charge in [0.1, 0.15) is 12.1 Å². The molecule has 1 N–H and O–H groups in total. The second kappa shape index (κ2) is 6.93. The van der Waals surface area contributed by atoms with Crippen LogP contribution in [0.4, 0.5) is 4.39 Å². The van der Waals surface area contributed by atoms with Crippen LogP contribution >= 0.6 is 0 Å². The summed E-state index contributed by atoms with van der Waals surface area (Å²) in [6.45, 7) is 1.72. The van der Waals surface area contributed by atoms with Crippen LogP contribution in [0.2, 0.25) is 0 Å². The van der Waals surface area contributed by atoms with Gasteiger partial charge in [0.25, 0.3) is 0 Å². The van der Waals surface area contributed by atoms with E-state index in [1.54, 1.807) is 31.2 Å². The average Bonchev–Trinajstić information content (AvgIpc) is 3.24. The number of sulfone groups is 1. The minimum Gasteiger partial charge on any atom is -0.346 e. The van der Waals surface area contributed by atoms with Crippen LogP contribution in [0.15, 0.2) is 36.7 Å². The van der Waals surface area contributed by atoms with Gasteiger partial charge in [0.05, 0.1) is 29.2 Å². The van der Waals surface area contributed by atoms with Gasteiger partial charge >= 0.3 is 0 Å². The van der Waals surface area contributed by atoms with Crippen molar-refractivity contribution < 1.29 is 17.6 Å². The van der Waals surface area contributed by atoms with Crippen molar-refractivity contribution in [3.05, 3.63) is 48.3 Å². The van der Waals surface area contributed by atoms with Gasteiger partial charge in [-0.25, -0.2) is 27.3 Å². The van der Waals surface area contributed by atoms with E-state index in [-0.39, 0.29) is 23.2 Å². The number of fused-ring (bicyclic) bond motifs is 1. The second-order valence-corrected chi connectivity index (χ2v) is 9.09. The summed E-state index contributed by atoms with van der Waals surface area (Å²) in [6, 6.07) is 7.42. The lowest BCUT2D eigenvalue weighted by atomic mass is 10.1. The first-order chi connectivity index (χ1) is 13.3. The van der Waals surface area contributed by atoms with Crippen LogP contribution in [0.3, 0.4) is 0 Å². The summed E-state index contributed by atoms with van der Waals surface area (Å²) in [5.74, 6) is -0.972. The number of hydrogen-bond acceptors (Lipinski definition) is 6. The predicted octanol–water partition coefficient (Wildman–Crippen LogP) is 1.54. The Balaban J connectivity index is 1.54. The van der Waals surface area contributed by atoms with Gasteiger partial charge in [-0.1, -0.05) is 12.1 Å². The van der Waals surface area contributed by atoms with Crippen LogP contribution in [-0.4, -0.2) is 45.4 Å². The number of carbonyl (C=O) groups is 1. The first kappa shape index (κ1) is 18.5. The molecule has 0 bridgehead atoms. The number of carbonyl (C=O) groups excluding carboxylic acids is 1. The minimum atomic E-state index is -3.13. The van der Waals surface area contributed by atoms with Gasteiger partial charge < -0.3 is 5.32 Å². The summed E-state index contributed by atoms with van der Waals surface area (Å²) in [4.78, 5) is 20.9. The lowest BCUT2D eigenvalue weighted by Gasteiger charge is -2.13. The molecule has 1 aromatic carbocycles. The normalized spacial score (nSPS) is 19.6. The molecule has 1 unspecified atom stereocenters. The fraction of sp³-hybridized carbons (Fsp3) is 0.333. The number of hydrogen-bond donors (Lipinski definition) is 1. The van der Waals surface area contributed by atoms with Crippen LogP contribution in [0, 0.1) is 11.7 Å². The van der Waals surface area contributed by atoms with Gasteiger partial charge in [-0.15, -0.1) is 5.10 Å². The molecular formula is C18H18FN5O3S. The van der Waals surface area contributed by atoms with Crippen LogP contribution in [-0.2, 0) is 14.6 Å². The molecular weight excluding hydrogens is 385 g/mol. The molecule has 146 valence electrons. The van der Waals surface area contributed by atoms with E-state index in [0.29, 0.717) is 29.1 Å². The average molecular weight is 403 g/mol. The van der Waals surface area contributed by atoms with Gasteiger partial charge in [0.2, 0.25) is 5.91 Å². The van der Waals surface area contributed by atoms with Crippen molar-refractivity contribution in [2.24, 2.45) is 5.92 Å². The quantitative estimate of drug-likeness (QED) is 0.708. The van der Waals surface area contributed by atoms with Crippen molar-refractivity contribution in [1.82, 2.24) is 24.9 Å². The molecule has 2 aromatic heterocycles. The summed E-state index contributed by atoms with van der Waals surface area (Å²) in [6.07, 6.45) is 1.76. The summed E-state index contributed by atoms with van der Waals surface area (Å²) >= 11 is 0. The van der Waals surface area contributed by atoms with Crippen LogP contribution in [0.1, 0.15) is 25.2 Å². The van der Waals surface area contributed by atoms with E-state index < -0.39 is 21.8 Å². The zero-order chi connectivity index (χ0) is 19.9. The smallest absolute Gasteiger partial charge is 0.224 e. The predicted molar refractivity (Wildman–Crippen MR) is 99.5 cm³/mol. The maximum absolute atomic E-state index is 14.0. The Labute approximate surface area is 160 Å². The van der Waals surface area contributed by atoms with Gasteiger partial charge in [-0.05, 0) is 25.5 Å². The van der Waals surface area contributed by atoms with E-state index in [0.717, 1.165) is 0 Å². The van der Waals surface area contributed by atoms with E-state index in [2.05, 4.69) is 20.4 Å². The highest BCUT2D eigenvalue weighted by atomic mass is 32.2. The molecule has 10 heteroatoms. The Bertz CT molecular complexity index is 1160. The Morgan fingerprint density at radius 3 is 2.86 bits per heavy atom. The van der Waals surface area contributed by atoms with E-state index in [1.165, 1.54) is 16.9 Å². The van der Waals surface area contributed by atoms with E-state index >= 15 is 0 Å². The molecule has 4 rings (SSSR count). The Morgan fingerprint density at radius 1 is 1.36 bits per heavy atom. The van der Waals surface area contributed by atoms with Crippen LogP contribution < -0.4 is 5.32 Å². The zero-order valence-corrected chi connectivity index (χ0v) is 15.9. The fourth-order valence-electron chi connectivity index (χ4n) is 3.21. The highest BCUT2D eigenvalue weighted by molar-refractivity contribution is 7.91.